The van der Waals surface area contributed by atoms with Crippen LogP contribution in [0.15, 0.2) is 33.0 Å². The van der Waals surface area contributed by atoms with Crippen LogP contribution < -0.4 is 22.1 Å². The molecule has 0 saturated carbocycles. The van der Waals surface area contributed by atoms with Crippen molar-refractivity contribution in [1.82, 2.24) is 43.3 Å². The molecule has 2 saturated heterocycles. The van der Waals surface area contributed by atoms with Crippen LogP contribution in [0.2, 0.25) is 0 Å². The molecule has 0 bridgehead atoms. The van der Waals surface area contributed by atoms with Gasteiger partial charge in [0.2, 0.25) is 11.9 Å². The van der Waals surface area contributed by atoms with Crippen LogP contribution in [-0.2, 0) is 23.4 Å². The molecule has 0 aliphatic carbocycles. The van der Waals surface area contributed by atoms with Crippen molar-refractivity contribution in [2.75, 3.05) is 59.2 Å². The maximum absolute atomic E-state index is 14.5. The number of aromatic amines is 2. The number of hydrogen-bond acceptors (Lipinski definition) is 11. The van der Waals surface area contributed by atoms with E-state index in [9.17, 15) is 23.7 Å². The van der Waals surface area contributed by atoms with Gasteiger partial charge in [-0.3, -0.25) is 48.3 Å². The lowest BCUT2D eigenvalue weighted by Gasteiger charge is -2.43. The van der Waals surface area contributed by atoms with Gasteiger partial charge in [-0.05, 0) is 27.6 Å². The third-order valence-corrected chi connectivity index (χ3v) is 10.4. The highest BCUT2D eigenvalue weighted by Gasteiger charge is 2.43. The number of carbonyl (C=O) groups excluding carboxylic acids is 1. The quantitative estimate of drug-likeness (QED) is 0.252. The number of nitrogens with zero attached hydrogens (tertiary/aromatic N) is 7. The number of nitrogens with one attached hydrogen (secondary N) is 3. The SMILES string of the molecule is CC[C@@H]1CN([P@@](=O)(OC[C@@H]2CN(C)CC(n3cnc4c(=O)[nH]c(NC(=O)C(C)C)nc43)O2)N(C)C)CC(n2ccc(=O)[nH]c2=O)O1. The van der Waals surface area contributed by atoms with Crippen LogP contribution in [0, 0.1) is 5.92 Å². The lowest BCUT2D eigenvalue weighted by molar-refractivity contribution is -0.128. The minimum Gasteiger partial charge on any atom is -0.352 e. The number of rotatable bonds is 10. The Morgan fingerprint density at radius 3 is 2.50 bits per heavy atom. The van der Waals surface area contributed by atoms with Gasteiger partial charge in [-0.1, -0.05) is 20.8 Å². The van der Waals surface area contributed by atoms with Gasteiger partial charge in [0.25, 0.3) is 11.1 Å². The molecular weight excluding hydrogens is 623 g/mol. The molecule has 0 aromatic carbocycles. The van der Waals surface area contributed by atoms with E-state index in [1.165, 1.54) is 27.8 Å². The number of morpholine rings is 2. The molecule has 5 atom stereocenters. The topological polar surface area (TPSA) is 202 Å². The second kappa shape index (κ2) is 13.7. The summed E-state index contributed by atoms with van der Waals surface area (Å²) in [6, 6.07) is 1.23. The van der Waals surface area contributed by atoms with Crippen LogP contribution in [0.1, 0.15) is 39.6 Å². The van der Waals surface area contributed by atoms with Gasteiger partial charge < -0.3 is 14.0 Å². The van der Waals surface area contributed by atoms with Crippen LogP contribution in [0.3, 0.4) is 0 Å². The summed E-state index contributed by atoms with van der Waals surface area (Å²) in [6.07, 6.45) is 1.11. The predicted molar refractivity (Wildman–Crippen MR) is 167 cm³/mol. The fraction of sp³-hybridized carbons (Fsp3) is 0.630. The molecule has 3 aromatic rings. The molecule has 2 aliphatic heterocycles. The molecule has 252 valence electrons. The Labute approximate surface area is 264 Å². The highest BCUT2D eigenvalue weighted by molar-refractivity contribution is 7.53. The van der Waals surface area contributed by atoms with E-state index in [0.717, 1.165) is 0 Å². The molecule has 2 aliphatic rings. The Bertz CT molecular complexity index is 1780. The summed E-state index contributed by atoms with van der Waals surface area (Å²) in [4.78, 5) is 64.6. The van der Waals surface area contributed by atoms with Crippen LogP contribution in [0.5, 0.6) is 0 Å². The maximum Gasteiger partial charge on any atom is 0.345 e. The predicted octanol–water partition coefficient (Wildman–Crippen LogP) is 0.389. The van der Waals surface area contributed by atoms with Crippen molar-refractivity contribution in [2.45, 2.75) is 51.9 Å². The molecule has 3 aromatic heterocycles. The van der Waals surface area contributed by atoms with E-state index in [0.29, 0.717) is 26.1 Å². The van der Waals surface area contributed by atoms with Crippen LogP contribution in [-0.4, -0.2) is 115 Å². The van der Waals surface area contributed by atoms with Gasteiger partial charge in [-0.2, -0.15) is 4.98 Å². The van der Waals surface area contributed by atoms with E-state index in [-0.39, 0.29) is 48.2 Å². The number of anilines is 1. The van der Waals surface area contributed by atoms with E-state index in [4.69, 9.17) is 14.0 Å². The second-order valence-electron chi connectivity index (χ2n) is 12.0. The van der Waals surface area contributed by atoms with Crippen molar-refractivity contribution in [2.24, 2.45) is 5.92 Å². The van der Waals surface area contributed by atoms with E-state index >= 15 is 0 Å². The van der Waals surface area contributed by atoms with Crippen molar-refractivity contribution < 1.29 is 23.4 Å². The van der Waals surface area contributed by atoms with E-state index in [2.05, 4.69) is 25.3 Å². The molecule has 1 amide bonds. The van der Waals surface area contributed by atoms with Gasteiger partial charge in [0, 0.05) is 37.8 Å². The Kier molecular flexibility index (Phi) is 10.1. The van der Waals surface area contributed by atoms with Gasteiger partial charge in [-0.15, -0.1) is 0 Å². The molecule has 0 radical (unpaired) electrons. The molecule has 19 heteroatoms. The Morgan fingerprint density at radius 2 is 1.83 bits per heavy atom. The molecule has 18 nitrogen and oxygen atoms in total. The number of fused-ring (bicyclic) bond motifs is 1. The number of carbonyl (C=O) groups is 1. The molecule has 0 spiro atoms. The third kappa shape index (κ3) is 7.07. The Balaban J connectivity index is 1.35. The molecule has 5 heterocycles. The zero-order valence-electron chi connectivity index (χ0n) is 26.7. The number of imidazole rings is 1. The minimum absolute atomic E-state index is 0.00671. The zero-order valence-corrected chi connectivity index (χ0v) is 27.6. The van der Waals surface area contributed by atoms with Gasteiger partial charge in [0.15, 0.2) is 17.4 Å². The zero-order chi connectivity index (χ0) is 33.3. The average Bonchev–Trinajstić information content (AvgIpc) is 3.44. The standard InChI is InChI=1S/C27H41N10O8P/c1-7-17-11-35(13-21(44-17)36-9-8-19(38)29-27(36)41)46(42,33(4)5)43-14-18-10-34(6)12-20(45-18)37-15-28-22-23(37)30-26(32-25(22)40)31-24(39)16(2)3/h8-9,15-18,20-21H,7,10-14H2,1-6H3,(H,29,38,41)(H2,30,31,32,39,40)/t17-,18+,20?,21?,46+/m1/s1. The van der Waals surface area contributed by atoms with E-state index in [1.807, 2.05) is 18.9 Å². The summed E-state index contributed by atoms with van der Waals surface area (Å²) in [5.41, 5.74) is -1.32. The molecular formula is C27H41N10O8P. The van der Waals surface area contributed by atoms with Crippen LogP contribution in [0.25, 0.3) is 11.2 Å². The van der Waals surface area contributed by atoms with Crippen molar-refractivity contribution in [3.05, 3.63) is 49.8 Å². The summed E-state index contributed by atoms with van der Waals surface area (Å²) in [5.74, 6) is -0.609. The summed E-state index contributed by atoms with van der Waals surface area (Å²) in [6.45, 7) is 6.62. The normalized spacial score (nSPS) is 24.4. The number of ether oxygens (including phenoxy) is 2. The number of amides is 1. The van der Waals surface area contributed by atoms with Gasteiger partial charge in [-0.25, -0.2) is 19.1 Å². The fourth-order valence-electron chi connectivity index (χ4n) is 5.37. The van der Waals surface area contributed by atoms with Gasteiger partial charge in [0.05, 0.1) is 31.7 Å². The largest absolute Gasteiger partial charge is 0.352 e. The first-order valence-corrected chi connectivity index (χ1v) is 16.6. The second-order valence-corrected chi connectivity index (χ2v) is 14.6. The molecule has 2 unspecified atom stereocenters. The molecule has 46 heavy (non-hydrogen) atoms. The summed E-state index contributed by atoms with van der Waals surface area (Å²) >= 11 is 0. The third-order valence-electron chi connectivity index (χ3n) is 7.88. The first-order chi connectivity index (χ1) is 21.8. The number of aromatic nitrogens is 6. The lowest BCUT2D eigenvalue weighted by Crippen LogP contribution is -2.49. The summed E-state index contributed by atoms with van der Waals surface area (Å²) in [5, 5.41) is 2.62. The maximum atomic E-state index is 14.5. The molecule has 3 N–H and O–H groups in total. The van der Waals surface area contributed by atoms with Gasteiger partial charge >= 0.3 is 13.4 Å². The number of likely N-dealkylation sites (N-methyl/N-ethyl adjacent to an activating group) is 1. The first-order valence-electron chi connectivity index (χ1n) is 15.1. The summed E-state index contributed by atoms with van der Waals surface area (Å²) in [7, 11) is 1.56. The lowest BCUT2D eigenvalue weighted by atomic mass is 10.2. The van der Waals surface area contributed by atoms with Crippen molar-refractivity contribution in [3.8, 4) is 0 Å². The van der Waals surface area contributed by atoms with Crippen molar-refractivity contribution in [1.29, 1.82) is 0 Å². The summed E-state index contributed by atoms with van der Waals surface area (Å²) < 4.78 is 39.3. The van der Waals surface area contributed by atoms with Crippen LogP contribution >= 0.6 is 7.67 Å². The molecule has 2 fully saturated rings. The Morgan fingerprint density at radius 1 is 1.11 bits per heavy atom. The smallest absolute Gasteiger partial charge is 0.345 e. The van der Waals surface area contributed by atoms with E-state index < -0.39 is 43.0 Å². The monoisotopic (exact) mass is 664 g/mol. The van der Waals surface area contributed by atoms with Crippen molar-refractivity contribution >= 4 is 30.7 Å². The van der Waals surface area contributed by atoms with Gasteiger partial charge in [0.1, 0.15) is 6.23 Å². The highest BCUT2D eigenvalue weighted by Crippen LogP contribution is 2.54. The van der Waals surface area contributed by atoms with Crippen LogP contribution in [0.4, 0.5) is 5.95 Å². The average molecular weight is 665 g/mol. The first kappa shape index (κ1) is 33.8. The highest BCUT2D eigenvalue weighted by atomic mass is 31.2. The molecule has 5 rings (SSSR count). The minimum atomic E-state index is -3.66. The van der Waals surface area contributed by atoms with E-state index in [1.54, 1.807) is 37.2 Å². The number of H-pyrrole nitrogens is 2. The Hall–Kier alpha value is -3.51. The van der Waals surface area contributed by atoms with Crippen molar-refractivity contribution in [3.63, 3.8) is 0 Å². The number of hydrogen-bond donors (Lipinski definition) is 3. The fourth-order valence-corrected chi connectivity index (χ4v) is 7.36.